The predicted octanol–water partition coefficient (Wildman–Crippen LogP) is 0.935. The number of rotatable bonds is 7. The van der Waals surface area contributed by atoms with Gasteiger partial charge in [0.25, 0.3) is 0 Å². The third-order valence-electron chi connectivity index (χ3n) is 1.24. The fourth-order valence-electron chi connectivity index (χ4n) is 0.656. The van der Waals surface area contributed by atoms with Crippen LogP contribution in [0, 0.1) is 0 Å². The van der Waals surface area contributed by atoms with Crippen molar-refractivity contribution in [1.82, 2.24) is 0 Å². The van der Waals surface area contributed by atoms with Crippen LogP contribution in [0.5, 0.6) is 0 Å². The van der Waals surface area contributed by atoms with Crippen LogP contribution >= 0.6 is 0 Å². The van der Waals surface area contributed by atoms with Crippen molar-refractivity contribution in [2.45, 2.75) is 26.7 Å². The fraction of sp³-hybridized carbons (Fsp3) is 0.778. The van der Waals surface area contributed by atoms with Crippen LogP contribution in [-0.2, 0) is 19.1 Å². The van der Waals surface area contributed by atoms with Gasteiger partial charge in [-0.25, -0.2) is 0 Å². The summed E-state index contributed by atoms with van der Waals surface area (Å²) in [5.74, 6) is -0.533. The first kappa shape index (κ1) is 12.1. The average molecular weight is 188 g/mol. The molecule has 13 heavy (non-hydrogen) atoms. The van der Waals surface area contributed by atoms with Gasteiger partial charge in [-0.1, -0.05) is 6.92 Å². The van der Waals surface area contributed by atoms with Crippen LogP contribution in [-0.4, -0.2) is 31.6 Å². The Morgan fingerprint density at radius 2 is 1.92 bits per heavy atom. The van der Waals surface area contributed by atoms with E-state index in [9.17, 15) is 9.59 Å². The summed E-state index contributed by atoms with van der Waals surface area (Å²) in [6.45, 7) is 4.26. The molecule has 0 rings (SSSR count). The summed E-state index contributed by atoms with van der Waals surface area (Å²) >= 11 is 0. The Balaban J connectivity index is 3.25. The SMILES string of the molecule is CCCOCCC(=O)OCC(C)=O. The molecule has 4 heteroatoms. The van der Waals surface area contributed by atoms with Gasteiger partial charge in [0.1, 0.15) is 6.61 Å². The second-order valence-corrected chi connectivity index (χ2v) is 2.73. The maximum absolute atomic E-state index is 10.9. The second-order valence-electron chi connectivity index (χ2n) is 2.73. The van der Waals surface area contributed by atoms with E-state index in [1.165, 1.54) is 6.92 Å². The summed E-state index contributed by atoms with van der Waals surface area (Å²) in [5.41, 5.74) is 0. The van der Waals surface area contributed by atoms with E-state index in [0.717, 1.165) is 6.42 Å². The molecule has 0 unspecified atom stereocenters. The van der Waals surface area contributed by atoms with E-state index in [1.807, 2.05) is 6.92 Å². The van der Waals surface area contributed by atoms with E-state index in [-0.39, 0.29) is 24.8 Å². The first-order valence-electron chi connectivity index (χ1n) is 4.39. The number of ether oxygens (including phenoxy) is 2. The van der Waals surface area contributed by atoms with Gasteiger partial charge < -0.3 is 9.47 Å². The van der Waals surface area contributed by atoms with Crippen LogP contribution in [0.25, 0.3) is 0 Å². The Morgan fingerprint density at radius 1 is 1.23 bits per heavy atom. The Morgan fingerprint density at radius 3 is 2.46 bits per heavy atom. The van der Waals surface area contributed by atoms with Crippen molar-refractivity contribution >= 4 is 11.8 Å². The maximum Gasteiger partial charge on any atom is 0.308 e. The Labute approximate surface area is 78.2 Å². The van der Waals surface area contributed by atoms with E-state index >= 15 is 0 Å². The summed E-state index contributed by atoms with van der Waals surface area (Å²) in [4.78, 5) is 21.3. The second kappa shape index (κ2) is 7.73. The molecule has 0 fully saturated rings. The Kier molecular flexibility index (Phi) is 7.20. The summed E-state index contributed by atoms with van der Waals surface area (Å²) in [7, 11) is 0. The van der Waals surface area contributed by atoms with Crippen LogP contribution in [0.3, 0.4) is 0 Å². The van der Waals surface area contributed by atoms with Crippen LogP contribution in [0.15, 0.2) is 0 Å². The maximum atomic E-state index is 10.9. The smallest absolute Gasteiger partial charge is 0.308 e. The normalized spacial score (nSPS) is 9.69. The van der Waals surface area contributed by atoms with Gasteiger partial charge in [-0.05, 0) is 13.3 Å². The number of hydrogen-bond acceptors (Lipinski definition) is 4. The van der Waals surface area contributed by atoms with Gasteiger partial charge in [-0.15, -0.1) is 0 Å². The van der Waals surface area contributed by atoms with Crippen LogP contribution in [0.2, 0.25) is 0 Å². The lowest BCUT2D eigenvalue weighted by Crippen LogP contribution is -2.13. The van der Waals surface area contributed by atoms with Crippen molar-refractivity contribution in [3.8, 4) is 0 Å². The number of carbonyl (C=O) groups is 2. The third-order valence-corrected chi connectivity index (χ3v) is 1.24. The molecule has 0 aliphatic carbocycles. The van der Waals surface area contributed by atoms with Crippen molar-refractivity contribution in [2.24, 2.45) is 0 Å². The van der Waals surface area contributed by atoms with E-state index in [1.54, 1.807) is 0 Å². The molecule has 4 nitrogen and oxygen atoms in total. The highest BCUT2D eigenvalue weighted by Gasteiger charge is 2.03. The molecule has 0 spiro atoms. The van der Waals surface area contributed by atoms with Gasteiger partial charge in [0.2, 0.25) is 0 Å². The first-order valence-corrected chi connectivity index (χ1v) is 4.39. The van der Waals surface area contributed by atoms with Gasteiger partial charge in [0.05, 0.1) is 13.0 Å². The highest BCUT2D eigenvalue weighted by molar-refractivity contribution is 5.80. The van der Waals surface area contributed by atoms with Crippen molar-refractivity contribution in [3.63, 3.8) is 0 Å². The molecule has 0 heterocycles. The highest BCUT2D eigenvalue weighted by Crippen LogP contribution is 1.89. The molecular weight excluding hydrogens is 172 g/mol. The zero-order chi connectivity index (χ0) is 10.1. The van der Waals surface area contributed by atoms with E-state index in [0.29, 0.717) is 13.2 Å². The number of hydrogen-bond donors (Lipinski definition) is 0. The molecule has 0 aliphatic heterocycles. The molecule has 0 N–H and O–H groups in total. The average Bonchev–Trinajstić information content (AvgIpc) is 2.09. The van der Waals surface area contributed by atoms with Crippen LogP contribution in [0.1, 0.15) is 26.7 Å². The van der Waals surface area contributed by atoms with Crippen molar-refractivity contribution in [1.29, 1.82) is 0 Å². The zero-order valence-electron chi connectivity index (χ0n) is 8.17. The molecule has 0 bridgehead atoms. The summed E-state index contributed by atoms with van der Waals surface area (Å²) in [6, 6.07) is 0. The lowest BCUT2D eigenvalue weighted by Gasteiger charge is -2.02. The molecule has 0 aliphatic rings. The molecular formula is C9H16O4. The third kappa shape index (κ3) is 9.01. The van der Waals surface area contributed by atoms with Gasteiger partial charge in [0.15, 0.2) is 5.78 Å². The molecule has 0 aromatic heterocycles. The quantitative estimate of drug-likeness (QED) is 0.440. The zero-order valence-corrected chi connectivity index (χ0v) is 8.17. The lowest BCUT2D eigenvalue weighted by atomic mass is 10.4. The number of esters is 1. The van der Waals surface area contributed by atoms with E-state index < -0.39 is 0 Å². The monoisotopic (exact) mass is 188 g/mol. The van der Waals surface area contributed by atoms with Crippen molar-refractivity contribution in [3.05, 3.63) is 0 Å². The minimum Gasteiger partial charge on any atom is -0.458 e. The minimum absolute atomic E-state index is 0.132. The molecule has 0 amide bonds. The van der Waals surface area contributed by atoms with Crippen molar-refractivity contribution < 1.29 is 19.1 Å². The molecule has 0 saturated heterocycles. The summed E-state index contributed by atoms with van der Waals surface area (Å²) in [5, 5.41) is 0. The highest BCUT2D eigenvalue weighted by atomic mass is 16.5. The predicted molar refractivity (Wildman–Crippen MR) is 47.4 cm³/mol. The van der Waals surface area contributed by atoms with Gasteiger partial charge in [-0.3, -0.25) is 9.59 Å². The number of Topliss-reactive ketones (excluding diaryl/α,β-unsaturated/α-hetero) is 1. The molecule has 0 aromatic carbocycles. The minimum atomic E-state index is -0.383. The molecule has 0 saturated carbocycles. The molecule has 0 aromatic rings. The van der Waals surface area contributed by atoms with Crippen LogP contribution < -0.4 is 0 Å². The van der Waals surface area contributed by atoms with Crippen LogP contribution in [0.4, 0.5) is 0 Å². The number of ketones is 1. The molecule has 0 atom stereocenters. The van der Waals surface area contributed by atoms with Gasteiger partial charge in [-0.2, -0.15) is 0 Å². The number of carbonyl (C=O) groups excluding carboxylic acids is 2. The fourth-order valence-corrected chi connectivity index (χ4v) is 0.656. The van der Waals surface area contributed by atoms with Crippen molar-refractivity contribution in [2.75, 3.05) is 19.8 Å². The summed E-state index contributed by atoms with van der Waals surface area (Å²) < 4.78 is 9.69. The molecule has 0 radical (unpaired) electrons. The van der Waals surface area contributed by atoms with Gasteiger partial charge >= 0.3 is 5.97 Å². The standard InChI is InChI=1S/C9H16O4/c1-3-5-12-6-4-9(11)13-7-8(2)10/h3-7H2,1-2H3. The topological polar surface area (TPSA) is 52.6 Å². The first-order chi connectivity index (χ1) is 6.16. The lowest BCUT2D eigenvalue weighted by molar-refractivity contribution is -0.148. The van der Waals surface area contributed by atoms with E-state index in [4.69, 9.17) is 4.74 Å². The largest absolute Gasteiger partial charge is 0.458 e. The Hall–Kier alpha value is -0.900. The molecule has 76 valence electrons. The van der Waals surface area contributed by atoms with Gasteiger partial charge in [0, 0.05) is 6.61 Å². The summed E-state index contributed by atoms with van der Waals surface area (Å²) in [6.07, 6.45) is 1.15. The Bertz CT molecular complexity index is 165. The van der Waals surface area contributed by atoms with E-state index in [2.05, 4.69) is 4.74 Å².